The highest BCUT2D eigenvalue weighted by Crippen LogP contribution is 2.58. The van der Waals surface area contributed by atoms with Gasteiger partial charge in [0.15, 0.2) is 0 Å². The molecule has 1 amide bonds. The van der Waals surface area contributed by atoms with E-state index < -0.39 is 0 Å². The molecule has 1 aromatic carbocycles. The Morgan fingerprint density at radius 3 is 2.76 bits per heavy atom. The average molecular weight is 309 g/mol. The smallest absolute Gasteiger partial charge is 0.223 e. The van der Waals surface area contributed by atoms with Gasteiger partial charge in [0.1, 0.15) is 0 Å². The number of carbonyl (C=O) groups is 1. The largest absolute Gasteiger partial charge is 0.356 e. The molecule has 3 rings (SSSR count). The van der Waals surface area contributed by atoms with Crippen molar-refractivity contribution < 1.29 is 4.79 Å². The van der Waals surface area contributed by atoms with Crippen molar-refractivity contribution >= 4 is 18.3 Å². The Balaban J connectivity index is 0.00000161. The van der Waals surface area contributed by atoms with Crippen LogP contribution in [0.15, 0.2) is 24.3 Å². The van der Waals surface area contributed by atoms with Gasteiger partial charge in [-0.25, -0.2) is 0 Å². The number of piperidine rings is 1. The van der Waals surface area contributed by atoms with Crippen molar-refractivity contribution in [2.75, 3.05) is 19.6 Å². The fourth-order valence-electron chi connectivity index (χ4n) is 3.53. The molecular weight excluding hydrogens is 284 g/mol. The Hall–Kier alpha value is -1.06. The van der Waals surface area contributed by atoms with E-state index in [4.69, 9.17) is 0 Å². The van der Waals surface area contributed by atoms with Crippen molar-refractivity contribution in [3.05, 3.63) is 35.4 Å². The lowest BCUT2D eigenvalue weighted by molar-refractivity contribution is -0.123. The standard InChI is InChI=1S/C17H24N2O.ClH/c1-13-4-2-3-5-14(13)6-9-19-16(20)15-12-17(15)7-10-18-11-8-17;/h2-5,15,18H,6-12H2,1H3,(H,19,20);1H. The number of aryl methyl sites for hydroxylation is 1. The quantitative estimate of drug-likeness (QED) is 0.897. The summed E-state index contributed by atoms with van der Waals surface area (Å²) in [4.78, 5) is 12.2. The first-order chi connectivity index (χ1) is 9.71. The molecular formula is C17H25ClN2O. The third-order valence-corrected chi connectivity index (χ3v) is 5.06. The molecule has 0 bridgehead atoms. The Bertz CT molecular complexity index is 497. The second kappa shape index (κ2) is 6.80. The van der Waals surface area contributed by atoms with Crippen molar-refractivity contribution in [2.24, 2.45) is 11.3 Å². The Morgan fingerprint density at radius 2 is 2.05 bits per heavy atom. The molecule has 4 heteroatoms. The maximum Gasteiger partial charge on any atom is 0.223 e. The first kappa shape index (κ1) is 16.3. The number of rotatable bonds is 4. The molecule has 0 aromatic heterocycles. The van der Waals surface area contributed by atoms with Crippen LogP contribution in [0.3, 0.4) is 0 Å². The van der Waals surface area contributed by atoms with Crippen LogP contribution >= 0.6 is 12.4 Å². The van der Waals surface area contributed by atoms with Crippen molar-refractivity contribution in [3.63, 3.8) is 0 Å². The average Bonchev–Trinajstić information content (AvgIpc) is 3.15. The summed E-state index contributed by atoms with van der Waals surface area (Å²) in [6, 6.07) is 8.40. The highest BCUT2D eigenvalue weighted by molar-refractivity contribution is 5.85. The van der Waals surface area contributed by atoms with Crippen molar-refractivity contribution in [1.29, 1.82) is 0 Å². The predicted octanol–water partition coefficient (Wildman–Crippen LogP) is 2.47. The van der Waals surface area contributed by atoms with Gasteiger partial charge in [0.05, 0.1) is 0 Å². The minimum absolute atomic E-state index is 0. The van der Waals surface area contributed by atoms with Crippen LogP contribution < -0.4 is 10.6 Å². The molecule has 1 heterocycles. The fourth-order valence-corrected chi connectivity index (χ4v) is 3.53. The molecule has 1 saturated heterocycles. The summed E-state index contributed by atoms with van der Waals surface area (Å²) in [5, 5.41) is 6.51. The Labute approximate surface area is 133 Å². The Morgan fingerprint density at radius 1 is 1.33 bits per heavy atom. The molecule has 3 nitrogen and oxygen atoms in total. The van der Waals surface area contributed by atoms with E-state index in [1.807, 2.05) is 0 Å². The summed E-state index contributed by atoms with van der Waals surface area (Å²) in [6.07, 6.45) is 4.37. The molecule has 1 saturated carbocycles. The molecule has 1 aliphatic heterocycles. The number of hydrogen-bond acceptors (Lipinski definition) is 2. The topological polar surface area (TPSA) is 41.1 Å². The van der Waals surface area contributed by atoms with Crippen LogP contribution in [0.25, 0.3) is 0 Å². The number of benzene rings is 1. The van der Waals surface area contributed by atoms with Crippen LogP contribution in [0.1, 0.15) is 30.4 Å². The lowest BCUT2D eigenvalue weighted by atomic mass is 9.92. The summed E-state index contributed by atoms with van der Waals surface area (Å²) < 4.78 is 0. The lowest BCUT2D eigenvalue weighted by Crippen LogP contribution is -2.34. The van der Waals surface area contributed by atoms with Gasteiger partial charge >= 0.3 is 0 Å². The van der Waals surface area contributed by atoms with Gasteiger partial charge in [-0.1, -0.05) is 24.3 Å². The molecule has 1 unspecified atom stereocenters. The normalized spacial score (nSPS) is 22.4. The highest BCUT2D eigenvalue weighted by atomic mass is 35.5. The van der Waals surface area contributed by atoms with Gasteiger partial charge < -0.3 is 10.6 Å². The summed E-state index contributed by atoms with van der Waals surface area (Å²) >= 11 is 0. The number of hydrogen-bond donors (Lipinski definition) is 2. The van der Waals surface area contributed by atoms with E-state index >= 15 is 0 Å². The van der Waals surface area contributed by atoms with E-state index in [2.05, 4.69) is 41.8 Å². The predicted molar refractivity (Wildman–Crippen MR) is 87.8 cm³/mol. The summed E-state index contributed by atoms with van der Waals surface area (Å²) in [6.45, 7) is 5.04. The summed E-state index contributed by atoms with van der Waals surface area (Å²) in [5.74, 6) is 0.557. The molecule has 21 heavy (non-hydrogen) atoms. The van der Waals surface area contributed by atoms with Crippen molar-refractivity contribution in [3.8, 4) is 0 Å². The van der Waals surface area contributed by atoms with Gasteiger partial charge in [-0.15, -0.1) is 12.4 Å². The van der Waals surface area contributed by atoms with Crippen molar-refractivity contribution in [2.45, 2.75) is 32.6 Å². The third-order valence-electron chi connectivity index (χ3n) is 5.06. The molecule has 0 radical (unpaired) electrons. The monoisotopic (exact) mass is 308 g/mol. The summed E-state index contributed by atoms with van der Waals surface area (Å²) in [7, 11) is 0. The molecule has 1 aliphatic carbocycles. The van der Waals surface area contributed by atoms with Crippen LogP contribution in [0, 0.1) is 18.3 Å². The van der Waals surface area contributed by atoms with Crippen LogP contribution in [0.2, 0.25) is 0 Å². The minimum Gasteiger partial charge on any atom is -0.356 e. The number of nitrogens with one attached hydrogen (secondary N) is 2. The zero-order valence-corrected chi connectivity index (χ0v) is 13.5. The van der Waals surface area contributed by atoms with E-state index in [1.165, 1.54) is 24.0 Å². The number of halogens is 1. The number of amides is 1. The highest BCUT2D eigenvalue weighted by Gasteiger charge is 2.57. The van der Waals surface area contributed by atoms with Gasteiger partial charge in [0, 0.05) is 12.5 Å². The maximum atomic E-state index is 12.2. The summed E-state index contributed by atoms with van der Waals surface area (Å²) in [5.41, 5.74) is 2.99. The molecule has 1 aromatic rings. The van der Waals surface area contributed by atoms with E-state index in [1.54, 1.807) is 0 Å². The van der Waals surface area contributed by atoms with Gasteiger partial charge in [-0.3, -0.25) is 4.79 Å². The van der Waals surface area contributed by atoms with E-state index in [0.717, 1.165) is 32.5 Å². The van der Waals surface area contributed by atoms with Gasteiger partial charge in [-0.05, 0) is 62.2 Å². The molecule has 2 fully saturated rings. The Kier molecular flexibility index (Phi) is 5.28. The van der Waals surface area contributed by atoms with Crippen LogP contribution in [-0.4, -0.2) is 25.5 Å². The molecule has 116 valence electrons. The van der Waals surface area contributed by atoms with Gasteiger partial charge in [0.25, 0.3) is 0 Å². The second-order valence-corrected chi connectivity index (χ2v) is 6.34. The van der Waals surface area contributed by atoms with Crippen LogP contribution in [-0.2, 0) is 11.2 Å². The second-order valence-electron chi connectivity index (χ2n) is 6.34. The van der Waals surface area contributed by atoms with Gasteiger partial charge in [0.2, 0.25) is 5.91 Å². The zero-order chi connectivity index (χ0) is 14.0. The maximum absolute atomic E-state index is 12.2. The molecule has 2 N–H and O–H groups in total. The van der Waals surface area contributed by atoms with E-state index in [0.29, 0.717) is 5.41 Å². The molecule has 1 spiro atoms. The molecule has 1 atom stereocenters. The minimum atomic E-state index is 0. The molecule has 2 aliphatic rings. The van der Waals surface area contributed by atoms with Crippen molar-refractivity contribution in [1.82, 2.24) is 10.6 Å². The van der Waals surface area contributed by atoms with E-state index in [9.17, 15) is 4.79 Å². The van der Waals surface area contributed by atoms with Crippen LogP contribution in [0.5, 0.6) is 0 Å². The lowest BCUT2D eigenvalue weighted by Gasteiger charge is -2.23. The van der Waals surface area contributed by atoms with E-state index in [-0.39, 0.29) is 24.2 Å². The van der Waals surface area contributed by atoms with Crippen LogP contribution in [0.4, 0.5) is 0 Å². The SMILES string of the molecule is Cc1ccccc1CCNC(=O)C1CC12CCNCC2.Cl. The first-order valence-corrected chi connectivity index (χ1v) is 7.74. The third kappa shape index (κ3) is 3.58. The first-order valence-electron chi connectivity index (χ1n) is 7.74. The fraction of sp³-hybridized carbons (Fsp3) is 0.588. The zero-order valence-electron chi connectivity index (χ0n) is 12.7. The number of carbonyl (C=O) groups excluding carboxylic acids is 1. The van der Waals surface area contributed by atoms with Gasteiger partial charge in [-0.2, -0.15) is 0 Å².